The average molecular weight is 560 g/mol. The molecule has 0 saturated carbocycles. The number of nitrogens with one attached hydrogen (secondary N) is 6. The Kier molecular flexibility index (Phi) is 9.20. The highest BCUT2D eigenvalue weighted by molar-refractivity contribution is 8.00. The van der Waals surface area contributed by atoms with E-state index in [4.69, 9.17) is 21.1 Å². The molecule has 210 valence electrons. The summed E-state index contributed by atoms with van der Waals surface area (Å²) < 4.78 is 11.1. The highest BCUT2D eigenvalue weighted by Gasteiger charge is 2.47. The molecule has 0 aromatic rings. The van der Waals surface area contributed by atoms with E-state index in [9.17, 15) is 9.59 Å². The van der Waals surface area contributed by atoms with Gasteiger partial charge < -0.3 is 30.3 Å². The number of piperazine rings is 1. The van der Waals surface area contributed by atoms with Crippen LogP contribution in [0.5, 0.6) is 0 Å². The van der Waals surface area contributed by atoms with Crippen LogP contribution in [0.2, 0.25) is 0 Å². The number of thioether (sulfide) groups is 1. The van der Waals surface area contributed by atoms with Crippen LogP contribution in [0.3, 0.4) is 0 Å². The van der Waals surface area contributed by atoms with Gasteiger partial charge in [-0.2, -0.15) is 0 Å². The Morgan fingerprint density at radius 3 is 2.51 bits per heavy atom. The zero-order valence-electron chi connectivity index (χ0n) is 21.9. The van der Waals surface area contributed by atoms with Gasteiger partial charge in [-0.1, -0.05) is 0 Å². The number of carbonyl (C=O) groups is 2. The van der Waals surface area contributed by atoms with Crippen LogP contribution in [0.25, 0.3) is 0 Å². The molecule has 5 fully saturated rings. The molecular formula is C24H42ClN7O4S. The Hall–Kier alpha value is -0.700. The SMILES string of the molecule is COC1CNC(C(=O)N2CC3NC(NC(=O)C4CNC(C)CC4C4CC(Cl)NCC4OC)SC3C2)CN1. The molecule has 2 amide bonds. The molecular weight excluding hydrogens is 518 g/mol. The van der Waals surface area contributed by atoms with Gasteiger partial charge in [-0.05, 0) is 31.6 Å². The number of hydrogen-bond acceptors (Lipinski definition) is 10. The highest BCUT2D eigenvalue weighted by Crippen LogP contribution is 2.38. The second-order valence-electron chi connectivity index (χ2n) is 11.0. The molecule has 11 unspecified atom stereocenters. The second-order valence-corrected chi connectivity index (χ2v) is 12.9. The lowest BCUT2D eigenvalue weighted by atomic mass is 9.70. The molecule has 0 aromatic heterocycles. The van der Waals surface area contributed by atoms with Gasteiger partial charge in [0.2, 0.25) is 11.8 Å². The Balaban J connectivity index is 1.14. The van der Waals surface area contributed by atoms with E-state index < -0.39 is 0 Å². The normalized spacial score (nSPS) is 44.4. The van der Waals surface area contributed by atoms with Crippen molar-refractivity contribution in [3.05, 3.63) is 0 Å². The van der Waals surface area contributed by atoms with Gasteiger partial charge in [0.1, 0.15) is 11.7 Å². The van der Waals surface area contributed by atoms with Gasteiger partial charge in [0.15, 0.2) is 0 Å². The zero-order chi connectivity index (χ0) is 26.1. The molecule has 5 aliphatic heterocycles. The van der Waals surface area contributed by atoms with Crippen molar-refractivity contribution in [3.8, 4) is 0 Å². The highest BCUT2D eigenvalue weighted by atomic mass is 35.5. The lowest BCUT2D eigenvalue weighted by Crippen LogP contribution is -2.60. The van der Waals surface area contributed by atoms with E-state index in [1.165, 1.54) is 0 Å². The van der Waals surface area contributed by atoms with Crippen molar-refractivity contribution < 1.29 is 19.1 Å². The first-order valence-corrected chi connectivity index (χ1v) is 14.9. The molecule has 37 heavy (non-hydrogen) atoms. The van der Waals surface area contributed by atoms with Gasteiger partial charge in [0, 0.05) is 70.8 Å². The van der Waals surface area contributed by atoms with Gasteiger partial charge in [-0.25, -0.2) is 0 Å². The number of fused-ring (bicyclic) bond motifs is 1. The molecule has 13 heteroatoms. The Morgan fingerprint density at radius 2 is 1.81 bits per heavy atom. The summed E-state index contributed by atoms with van der Waals surface area (Å²) in [6, 6.07) is 0.288. The molecule has 5 saturated heterocycles. The molecule has 0 aliphatic carbocycles. The maximum absolute atomic E-state index is 13.6. The summed E-state index contributed by atoms with van der Waals surface area (Å²) in [7, 11) is 3.40. The fraction of sp³-hybridized carbons (Fsp3) is 0.917. The molecule has 5 aliphatic rings. The van der Waals surface area contributed by atoms with E-state index in [0.29, 0.717) is 45.3 Å². The van der Waals surface area contributed by atoms with Crippen LogP contribution in [0.4, 0.5) is 0 Å². The standard InChI is InChI=1S/C24H42ClN7O4S/c1-12-4-13(14-5-20(25)28-8-18(14)35-2)15(6-26-12)22(33)31-24-30-17-10-32(11-19(17)37-24)23(34)16-7-29-21(36-3)9-27-16/h12-21,24,26-30H,4-11H2,1-3H3,(H,31,33). The van der Waals surface area contributed by atoms with Gasteiger partial charge >= 0.3 is 0 Å². The van der Waals surface area contributed by atoms with E-state index in [0.717, 1.165) is 12.8 Å². The number of carbonyl (C=O) groups excluding carboxylic acids is 2. The third-order valence-electron chi connectivity index (χ3n) is 8.72. The first-order valence-electron chi connectivity index (χ1n) is 13.5. The lowest BCUT2D eigenvalue weighted by Gasteiger charge is -2.45. The Bertz CT molecular complexity index is 808. The van der Waals surface area contributed by atoms with E-state index in [2.05, 4.69) is 38.8 Å². The summed E-state index contributed by atoms with van der Waals surface area (Å²) in [6.07, 6.45) is 1.71. The van der Waals surface area contributed by atoms with Gasteiger partial charge in [-0.3, -0.25) is 25.5 Å². The summed E-state index contributed by atoms with van der Waals surface area (Å²) in [5.41, 5.74) is -0.243. The molecule has 11 atom stereocenters. The van der Waals surface area contributed by atoms with Crippen molar-refractivity contribution >= 4 is 35.2 Å². The van der Waals surface area contributed by atoms with Crippen molar-refractivity contribution in [1.29, 1.82) is 0 Å². The first kappa shape index (κ1) is 27.9. The monoisotopic (exact) mass is 559 g/mol. The third kappa shape index (κ3) is 6.22. The van der Waals surface area contributed by atoms with Crippen LogP contribution in [-0.2, 0) is 19.1 Å². The quantitative estimate of drug-likeness (QED) is 0.171. The topological polar surface area (TPSA) is 128 Å². The van der Waals surface area contributed by atoms with Crippen LogP contribution in [-0.4, -0.2) is 117 Å². The molecule has 6 N–H and O–H groups in total. The summed E-state index contributed by atoms with van der Waals surface area (Å²) >= 11 is 8.19. The first-order chi connectivity index (χ1) is 17.9. The van der Waals surface area contributed by atoms with Crippen molar-refractivity contribution in [2.45, 2.75) is 66.5 Å². The van der Waals surface area contributed by atoms with Crippen molar-refractivity contribution in [2.75, 3.05) is 53.5 Å². The van der Waals surface area contributed by atoms with Crippen LogP contribution in [0, 0.1) is 17.8 Å². The van der Waals surface area contributed by atoms with Gasteiger partial charge in [-0.15, -0.1) is 23.4 Å². The summed E-state index contributed by atoms with van der Waals surface area (Å²) in [4.78, 5) is 28.5. The number of halogens is 1. The van der Waals surface area contributed by atoms with Crippen molar-refractivity contribution in [2.24, 2.45) is 17.8 Å². The predicted molar refractivity (Wildman–Crippen MR) is 143 cm³/mol. The number of ether oxygens (including phenoxy) is 2. The molecule has 11 nitrogen and oxygen atoms in total. The summed E-state index contributed by atoms with van der Waals surface area (Å²) in [5.74, 6) is 0.503. The van der Waals surface area contributed by atoms with Gasteiger partial charge in [0.25, 0.3) is 0 Å². The molecule has 0 spiro atoms. The van der Waals surface area contributed by atoms with Crippen molar-refractivity contribution in [1.82, 2.24) is 36.8 Å². The number of rotatable bonds is 6. The van der Waals surface area contributed by atoms with E-state index in [1.807, 2.05) is 4.90 Å². The third-order valence-corrected chi connectivity index (χ3v) is 10.4. The fourth-order valence-electron chi connectivity index (χ4n) is 6.65. The van der Waals surface area contributed by atoms with Crippen LogP contribution in [0.15, 0.2) is 0 Å². The molecule has 0 radical (unpaired) electrons. The van der Waals surface area contributed by atoms with E-state index in [-0.39, 0.29) is 70.2 Å². The van der Waals surface area contributed by atoms with Crippen LogP contribution < -0.4 is 31.9 Å². The number of hydrogen-bond donors (Lipinski definition) is 6. The molecule has 5 heterocycles. The summed E-state index contributed by atoms with van der Waals surface area (Å²) in [6.45, 7) is 6.05. The average Bonchev–Trinajstić information content (AvgIpc) is 3.47. The second kappa shape index (κ2) is 12.2. The zero-order valence-corrected chi connectivity index (χ0v) is 23.4. The largest absolute Gasteiger partial charge is 0.380 e. The lowest BCUT2D eigenvalue weighted by molar-refractivity contribution is -0.133. The Morgan fingerprint density at radius 1 is 0.973 bits per heavy atom. The minimum atomic E-state index is -0.234. The minimum Gasteiger partial charge on any atom is -0.380 e. The number of likely N-dealkylation sites (tertiary alicyclic amines) is 1. The smallest absolute Gasteiger partial charge is 0.241 e. The fourth-order valence-corrected chi connectivity index (χ4v) is 8.35. The number of nitrogens with zero attached hydrogens (tertiary/aromatic N) is 1. The van der Waals surface area contributed by atoms with E-state index >= 15 is 0 Å². The minimum absolute atomic E-state index is 0.0525. The maximum Gasteiger partial charge on any atom is 0.241 e. The number of amides is 2. The number of piperidine rings is 2. The van der Waals surface area contributed by atoms with E-state index in [1.54, 1.807) is 26.0 Å². The van der Waals surface area contributed by atoms with Gasteiger partial charge in [0.05, 0.1) is 23.6 Å². The molecule has 5 rings (SSSR count). The number of methoxy groups -OCH3 is 2. The van der Waals surface area contributed by atoms with Crippen LogP contribution in [0.1, 0.15) is 19.8 Å². The maximum atomic E-state index is 13.6. The van der Waals surface area contributed by atoms with Crippen molar-refractivity contribution in [3.63, 3.8) is 0 Å². The predicted octanol–water partition coefficient (Wildman–Crippen LogP) is -1.36. The summed E-state index contributed by atoms with van der Waals surface area (Å²) in [5, 5.41) is 20.4. The Labute approximate surface area is 228 Å². The molecule has 0 bridgehead atoms. The number of alkyl halides is 1. The van der Waals surface area contributed by atoms with Crippen LogP contribution >= 0.6 is 23.4 Å². The molecule has 0 aromatic carbocycles.